The van der Waals surface area contributed by atoms with Crippen LogP contribution in [0.15, 0.2) is 17.3 Å². The predicted molar refractivity (Wildman–Crippen MR) is 64.3 cm³/mol. The molecule has 7 nitrogen and oxygen atoms in total. The molecule has 0 saturated heterocycles. The normalized spacial score (nSPS) is 13.6. The zero-order chi connectivity index (χ0) is 13.9. The van der Waals surface area contributed by atoms with E-state index in [0.717, 1.165) is 4.31 Å². The fourth-order valence-electron chi connectivity index (χ4n) is 1.32. The molecule has 18 heavy (non-hydrogen) atoms. The van der Waals surface area contributed by atoms with Gasteiger partial charge in [0.2, 0.25) is 10.0 Å². The molecule has 0 aliphatic heterocycles. The first kappa shape index (κ1) is 14.7. The van der Waals surface area contributed by atoms with Gasteiger partial charge in [-0.05, 0) is 13.8 Å². The van der Waals surface area contributed by atoms with Gasteiger partial charge in [-0.25, -0.2) is 8.42 Å². The van der Waals surface area contributed by atoms with Gasteiger partial charge in [0.05, 0.1) is 12.8 Å². The summed E-state index contributed by atoms with van der Waals surface area (Å²) in [7, 11) is -0.775. The number of rotatable bonds is 5. The van der Waals surface area contributed by atoms with E-state index >= 15 is 0 Å². The standard InChI is InChI=1S/C10H17N3O4S/c1-5-17-10(14)8(2)13(4)18(15,16)9-6-11-12(3)7-9/h6-8H,5H2,1-4H3/t8-/m0/s1. The lowest BCUT2D eigenvalue weighted by atomic mass is 10.3. The summed E-state index contributed by atoms with van der Waals surface area (Å²) in [5.74, 6) is -0.576. The van der Waals surface area contributed by atoms with Gasteiger partial charge in [-0.15, -0.1) is 0 Å². The Balaban J connectivity index is 2.95. The van der Waals surface area contributed by atoms with Crippen molar-refractivity contribution in [3.05, 3.63) is 12.4 Å². The Kier molecular flexibility index (Phi) is 4.47. The van der Waals surface area contributed by atoms with Gasteiger partial charge in [0.1, 0.15) is 10.9 Å². The molecule has 0 spiro atoms. The van der Waals surface area contributed by atoms with Crippen LogP contribution in [0.3, 0.4) is 0 Å². The fourth-order valence-corrected chi connectivity index (χ4v) is 2.62. The molecule has 0 fully saturated rings. The van der Waals surface area contributed by atoms with Crippen LogP contribution in [0.25, 0.3) is 0 Å². The zero-order valence-corrected chi connectivity index (χ0v) is 11.6. The van der Waals surface area contributed by atoms with Crippen LogP contribution in [0.2, 0.25) is 0 Å². The first-order valence-corrected chi connectivity index (χ1v) is 6.88. The summed E-state index contributed by atoms with van der Waals surface area (Å²) in [5, 5.41) is 3.80. The maximum absolute atomic E-state index is 12.2. The van der Waals surface area contributed by atoms with E-state index < -0.39 is 22.0 Å². The zero-order valence-electron chi connectivity index (χ0n) is 10.8. The highest BCUT2D eigenvalue weighted by Gasteiger charge is 2.31. The number of hydrogen-bond acceptors (Lipinski definition) is 5. The number of esters is 1. The van der Waals surface area contributed by atoms with Crippen LogP contribution in [0, 0.1) is 0 Å². The maximum atomic E-state index is 12.2. The molecule has 0 radical (unpaired) electrons. The Morgan fingerprint density at radius 2 is 2.22 bits per heavy atom. The molecule has 0 saturated carbocycles. The van der Waals surface area contributed by atoms with Crippen molar-refractivity contribution >= 4 is 16.0 Å². The van der Waals surface area contributed by atoms with Gasteiger partial charge in [-0.3, -0.25) is 9.48 Å². The monoisotopic (exact) mass is 275 g/mol. The summed E-state index contributed by atoms with van der Waals surface area (Å²) < 4.78 is 31.5. The Morgan fingerprint density at radius 1 is 1.61 bits per heavy atom. The number of carbonyl (C=O) groups is 1. The lowest BCUT2D eigenvalue weighted by molar-refractivity contribution is -0.146. The minimum absolute atomic E-state index is 0.0450. The molecule has 102 valence electrons. The van der Waals surface area contributed by atoms with Crippen molar-refractivity contribution in [3.8, 4) is 0 Å². The molecule has 1 rings (SSSR count). The van der Waals surface area contributed by atoms with Crippen molar-refractivity contribution in [1.29, 1.82) is 0 Å². The maximum Gasteiger partial charge on any atom is 0.324 e. The second-order valence-corrected chi connectivity index (χ2v) is 5.80. The van der Waals surface area contributed by atoms with E-state index in [0.29, 0.717) is 0 Å². The number of aryl methyl sites for hydroxylation is 1. The SMILES string of the molecule is CCOC(=O)[C@H](C)N(C)S(=O)(=O)c1cnn(C)c1. The van der Waals surface area contributed by atoms with E-state index in [1.165, 1.54) is 31.0 Å². The van der Waals surface area contributed by atoms with E-state index in [4.69, 9.17) is 4.74 Å². The van der Waals surface area contributed by atoms with Crippen LogP contribution in [0.1, 0.15) is 13.8 Å². The molecule has 8 heteroatoms. The van der Waals surface area contributed by atoms with E-state index in [1.54, 1.807) is 14.0 Å². The molecule has 0 aliphatic carbocycles. The highest BCUT2D eigenvalue weighted by atomic mass is 32.2. The molecule has 1 aromatic rings. The van der Waals surface area contributed by atoms with E-state index in [9.17, 15) is 13.2 Å². The summed E-state index contributed by atoms with van der Waals surface area (Å²) in [5.41, 5.74) is 0. The lowest BCUT2D eigenvalue weighted by Crippen LogP contribution is -2.41. The van der Waals surface area contributed by atoms with Gasteiger partial charge in [0.15, 0.2) is 0 Å². The van der Waals surface area contributed by atoms with E-state index in [2.05, 4.69) is 5.10 Å². The third kappa shape index (κ3) is 2.88. The molecular weight excluding hydrogens is 258 g/mol. The third-order valence-electron chi connectivity index (χ3n) is 2.53. The molecule has 0 aliphatic rings. The molecule has 0 N–H and O–H groups in total. The lowest BCUT2D eigenvalue weighted by Gasteiger charge is -2.21. The average molecular weight is 275 g/mol. The molecule has 0 unspecified atom stereocenters. The van der Waals surface area contributed by atoms with Crippen LogP contribution in [-0.2, 0) is 26.6 Å². The Labute approximate surface area is 106 Å². The summed E-state index contributed by atoms with van der Waals surface area (Å²) in [4.78, 5) is 11.6. The predicted octanol–water partition coefficient (Wildman–Crippen LogP) is -0.00780. The van der Waals surface area contributed by atoms with Gasteiger partial charge < -0.3 is 4.74 Å². The van der Waals surface area contributed by atoms with Gasteiger partial charge in [0.25, 0.3) is 0 Å². The van der Waals surface area contributed by atoms with Crippen LogP contribution in [0.4, 0.5) is 0 Å². The molecule has 1 aromatic heterocycles. The Bertz CT molecular complexity index is 523. The Hall–Kier alpha value is -1.41. The third-order valence-corrected chi connectivity index (χ3v) is 4.41. The largest absolute Gasteiger partial charge is 0.465 e. The van der Waals surface area contributed by atoms with Gasteiger partial charge in [-0.1, -0.05) is 0 Å². The highest BCUT2D eigenvalue weighted by molar-refractivity contribution is 7.89. The second-order valence-electron chi connectivity index (χ2n) is 3.80. The summed E-state index contributed by atoms with van der Waals surface area (Å²) in [6.45, 7) is 3.36. The van der Waals surface area contributed by atoms with Crippen molar-refractivity contribution in [1.82, 2.24) is 14.1 Å². The number of nitrogens with zero attached hydrogens (tertiary/aromatic N) is 3. The minimum Gasteiger partial charge on any atom is -0.465 e. The average Bonchev–Trinajstić information content (AvgIpc) is 2.74. The molecule has 0 amide bonds. The number of carbonyl (C=O) groups excluding carboxylic acids is 1. The van der Waals surface area contributed by atoms with Crippen molar-refractivity contribution in [2.24, 2.45) is 7.05 Å². The highest BCUT2D eigenvalue weighted by Crippen LogP contribution is 2.15. The van der Waals surface area contributed by atoms with Crippen LogP contribution < -0.4 is 0 Å². The second kappa shape index (κ2) is 5.49. The molecule has 1 atom stereocenters. The van der Waals surface area contributed by atoms with Gasteiger partial charge in [-0.2, -0.15) is 9.40 Å². The van der Waals surface area contributed by atoms with Crippen molar-refractivity contribution < 1.29 is 17.9 Å². The van der Waals surface area contributed by atoms with Crippen molar-refractivity contribution in [3.63, 3.8) is 0 Å². The molecule has 1 heterocycles. The van der Waals surface area contributed by atoms with Crippen LogP contribution in [-0.4, -0.2) is 48.2 Å². The molecule has 0 bridgehead atoms. The molecule has 0 aromatic carbocycles. The number of ether oxygens (including phenoxy) is 1. The number of hydrogen-bond donors (Lipinski definition) is 0. The van der Waals surface area contributed by atoms with Crippen LogP contribution >= 0.6 is 0 Å². The number of aromatic nitrogens is 2. The van der Waals surface area contributed by atoms with Gasteiger partial charge >= 0.3 is 5.97 Å². The number of sulfonamides is 1. The van der Waals surface area contributed by atoms with Crippen LogP contribution in [0.5, 0.6) is 0 Å². The topological polar surface area (TPSA) is 81.5 Å². The number of likely N-dealkylation sites (N-methyl/N-ethyl adjacent to an activating group) is 1. The smallest absolute Gasteiger partial charge is 0.324 e. The first-order valence-electron chi connectivity index (χ1n) is 5.44. The first-order chi connectivity index (χ1) is 8.30. The minimum atomic E-state index is -3.73. The summed E-state index contributed by atoms with van der Waals surface area (Å²) in [6.07, 6.45) is 2.62. The quantitative estimate of drug-likeness (QED) is 0.706. The fraction of sp³-hybridized carbons (Fsp3) is 0.600. The van der Waals surface area contributed by atoms with Crippen molar-refractivity contribution in [2.45, 2.75) is 24.8 Å². The van der Waals surface area contributed by atoms with E-state index in [1.807, 2.05) is 0 Å². The van der Waals surface area contributed by atoms with Crippen molar-refractivity contribution in [2.75, 3.05) is 13.7 Å². The van der Waals surface area contributed by atoms with E-state index in [-0.39, 0.29) is 11.5 Å². The van der Waals surface area contributed by atoms with Gasteiger partial charge in [0, 0.05) is 20.3 Å². The summed E-state index contributed by atoms with van der Waals surface area (Å²) in [6, 6.07) is -0.879. The molecular formula is C10H17N3O4S. The summed E-state index contributed by atoms with van der Waals surface area (Å²) >= 11 is 0. The Morgan fingerprint density at radius 3 is 2.67 bits per heavy atom.